The van der Waals surface area contributed by atoms with Crippen LogP contribution in [-0.2, 0) is 6.42 Å². The van der Waals surface area contributed by atoms with E-state index in [9.17, 15) is 5.11 Å². The predicted octanol–water partition coefficient (Wildman–Crippen LogP) is 4.10. The van der Waals surface area contributed by atoms with E-state index in [0.29, 0.717) is 18.7 Å². The standard InChI is InChI=1S/C18H21ClN2O/c19-15-6-5-13-3-4-14-11-16(22)7-8-17(14)21(18(13)12-15)10-2-1-9-20/h4-8,12,22H,1-3,9-11,20H2. The number of nitrogens with zero attached hydrogens (tertiary/aromatic N) is 1. The van der Waals surface area contributed by atoms with E-state index >= 15 is 0 Å². The smallest absolute Gasteiger partial charge is 0.0967 e. The van der Waals surface area contributed by atoms with Gasteiger partial charge in [-0.3, -0.25) is 0 Å². The van der Waals surface area contributed by atoms with Crippen molar-refractivity contribution >= 4 is 17.3 Å². The Labute approximate surface area is 136 Å². The van der Waals surface area contributed by atoms with Crippen molar-refractivity contribution < 1.29 is 5.11 Å². The molecule has 1 aromatic rings. The van der Waals surface area contributed by atoms with Crippen LogP contribution in [0.2, 0.25) is 5.02 Å². The van der Waals surface area contributed by atoms with Crippen LogP contribution >= 0.6 is 11.6 Å². The summed E-state index contributed by atoms with van der Waals surface area (Å²) in [5, 5.41) is 10.6. The van der Waals surface area contributed by atoms with Gasteiger partial charge in [-0.2, -0.15) is 0 Å². The molecule has 0 spiro atoms. The highest BCUT2D eigenvalue weighted by Gasteiger charge is 2.23. The third-order valence-corrected chi connectivity index (χ3v) is 4.40. The van der Waals surface area contributed by atoms with E-state index in [-0.39, 0.29) is 0 Å². The highest BCUT2D eigenvalue weighted by molar-refractivity contribution is 6.30. The first-order chi connectivity index (χ1) is 10.7. The van der Waals surface area contributed by atoms with Crippen molar-refractivity contribution in [2.24, 2.45) is 5.73 Å². The lowest BCUT2D eigenvalue weighted by Crippen LogP contribution is -2.26. The molecule has 0 fully saturated rings. The molecule has 1 heterocycles. The molecule has 0 bridgehead atoms. The molecule has 0 saturated carbocycles. The quantitative estimate of drug-likeness (QED) is 0.822. The van der Waals surface area contributed by atoms with E-state index in [0.717, 1.165) is 42.2 Å². The van der Waals surface area contributed by atoms with E-state index in [1.807, 2.05) is 18.2 Å². The zero-order chi connectivity index (χ0) is 15.5. The number of fused-ring (bicyclic) bond motifs is 2. The molecule has 3 nitrogen and oxygen atoms in total. The molecule has 0 unspecified atom stereocenters. The first kappa shape index (κ1) is 15.2. The molecule has 0 radical (unpaired) electrons. The van der Waals surface area contributed by atoms with Crippen LogP contribution in [0.4, 0.5) is 5.69 Å². The topological polar surface area (TPSA) is 49.5 Å². The minimum absolute atomic E-state index is 0.417. The summed E-state index contributed by atoms with van der Waals surface area (Å²) in [6.45, 7) is 1.61. The number of allylic oxidation sites excluding steroid dienone is 5. The molecule has 1 aromatic carbocycles. The van der Waals surface area contributed by atoms with Crippen LogP contribution in [0, 0.1) is 0 Å². The second kappa shape index (κ2) is 6.59. The van der Waals surface area contributed by atoms with Crippen molar-refractivity contribution in [3.63, 3.8) is 0 Å². The van der Waals surface area contributed by atoms with Crippen molar-refractivity contribution in [1.29, 1.82) is 0 Å². The van der Waals surface area contributed by atoms with Crippen LogP contribution in [-0.4, -0.2) is 18.2 Å². The molecule has 0 amide bonds. The minimum atomic E-state index is 0.417. The zero-order valence-corrected chi connectivity index (χ0v) is 13.3. The Bertz CT molecular complexity index is 661. The van der Waals surface area contributed by atoms with Gasteiger partial charge in [0.05, 0.1) is 5.76 Å². The fraction of sp³-hybridized carbons (Fsp3) is 0.333. The van der Waals surface area contributed by atoms with Crippen LogP contribution in [0.15, 0.2) is 53.5 Å². The molecule has 116 valence electrons. The molecule has 0 atom stereocenters. The molecule has 3 N–H and O–H groups in total. The van der Waals surface area contributed by atoms with Gasteiger partial charge in [-0.25, -0.2) is 0 Å². The Morgan fingerprint density at radius 3 is 2.91 bits per heavy atom. The number of hydrogen-bond donors (Lipinski definition) is 2. The van der Waals surface area contributed by atoms with Crippen molar-refractivity contribution in [2.75, 3.05) is 18.0 Å². The second-order valence-corrected chi connectivity index (χ2v) is 6.18. The maximum absolute atomic E-state index is 9.82. The van der Waals surface area contributed by atoms with Crippen LogP contribution in [0.25, 0.3) is 0 Å². The lowest BCUT2D eigenvalue weighted by atomic mass is 10.0. The highest BCUT2D eigenvalue weighted by atomic mass is 35.5. The molecule has 0 aromatic heterocycles. The number of unbranched alkanes of at least 4 members (excludes halogenated alkanes) is 1. The van der Waals surface area contributed by atoms with E-state index in [1.165, 1.54) is 11.1 Å². The van der Waals surface area contributed by atoms with Crippen LogP contribution in [0.5, 0.6) is 0 Å². The van der Waals surface area contributed by atoms with Crippen LogP contribution in [0.1, 0.15) is 24.8 Å². The third kappa shape index (κ3) is 3.06. The Balaban J connectivity index is 2.02. The van der Waals surface area contributed by atoms with Crippen LogP contribution < -0.4 is 10.6 Å². The summed E-state index contributed by atoms with van der Waals surface area (Å²) in [6, 6.07) is 6.07. The molecular weight excluding hydrogens is 296 g/mol. The van der Waals surface area contributed by atoms with Gasteiger partial charge in [0.15, 0.2) is 0 Å². The summed E-state index contributed by atoms with van der Waals surface area (Å²) >= 11 is 6.22. The van der Waals surface area contributed by atoms with E-state index in [4.69, 9.17) is 17.3 Å². The van der Waals surface area contributed by atoms with E-state index in [2.05, 4.69) is 17.0 Å². The molecule has 4 heteroatoms. The van der Waals surface area contributed by atoms with Gasteiger partial charge in [-0.1, -0.05) is 23.7 Å². The van der Waals surface area contributed by atoms with Gasteiger partial charge in [0.25, 0.3) is 0 Å². The van der Waals surface area contributed by atoms with Gasteiger partial charge in [0, 0.05) is 29.4 Å². The van der Waals surface area contributed by atoms with Crippen molar-refractivity contribution in [1.82, 2.24) is 0 Å². The Hall–Kier alpha value is -1.71. The molecule has 22 heavy (non-hydrogen) atoms. The van der Waals surface area contributed by atoms with Gasteiger partial charge >= 0.3 is 0 Å². The molecular formula is C18H21ClN2O. The minimum Gasteiger partial charge on any atom is -0.512 e. The number of aliphatic hydroxyl groups is 1. The van der Waals surface area contributed by atoms with Gasteiger partial charge in [0.2, 0.25) is 0 Å². The summed E-state index contributed by atoms with van der Waals surface area (Å²) in [7, 11) is 0. The maximum Gasteiger partial charge on any atom is 0.0967 e. The summed E-state index contributed by atoms with van der Waals surface area (Å²) in [6.07, 6.45) is 9.50. The number of halogens is 1. The number of aliphatic hydroxyl groups excluding tert-OH is 1. The number of nitrogens with two attached hydrogens (primary N) is 1. The first-order valence-electron chi connectivity index (χ1n) is 7.74. The highest BCUT2D eigenvalue weighted by Crippen LogP contribution is 2.37. The fourth-order valence-electron chi connectivity index (χ4n) is 3.05. The second-order valence-electron chi connectivity index (χ2n) is 5.74. The maximum atomic E-state index is 9.82. The predicted molar refractivity (Wildman–Crippen MR) is 92.3 cm³/mol. The molecule has 1 aliphatic heterocycles. The Morgan fingerprint density at radius 2 is 2.09 bits per heavy atom. The Kier molecular flexibility index (Phi) is 4.55. The summed E-state index contributed by atoms with van der Waals surface area (Å²) < 4.78 is 0. The molecule has 2 aliphatic rings. The van der Waals surface area contributed by atoms with Gasteiger partial charge < -0.3 is 15.7 Å². The molecule has 3 rings (SSSR count). The SMILES string of the molecule is NCCCCN1C2=CC=C(O)CC2=CCc2ccc(Cl)cc21. The van der Waals surface area contributed by atoms with Gasteiger partial charge in [0.1, 0.15) is 0 Å². The average Bonchev–Trinajstić information content (AvgIpc) is 2.65. The summed E-state index contributed by atoms with van der Waals surface area (Å²) in [4.78, 5) is 2.32. The number of benzene rings is 1. The lowest BCUT2D eigenvalue weighted by Gasteiger charge is -2.30. The summed E-state index contributed by atoms with van der Waals surface area (Å²) in [5.41, 5.74) is 10.4. The fourth-order valence-corrected chi connectivity index (χ4v) is 3.21. The summed E-state index contributed by atoms with van der Waals surface area (Å²) in [5.74, 6) is 0.417. The first-order valence-corrected chi connectivity index (χ1v) is 8.12. The third-order valence-electron chi connectivity index (χ3n) is 4.17. The van der Waals surface area contributed by atoms with Crippen molar-refractivity contribution in [3.8, 4) is 0 Å². The molecule has 1 aliphatic carbocycles. The number of anilines is 1. The monoisotopic (exact) mass is 316 g/mol. The van der Waals surface area contributed by atoms with Gasteiger partial charge in [-0.05, 0) is 61.2 Å². The number of rotatable bonds is 4. The number of hydrogen-bond acceptors (Lipinski definition) is 3. The van der Waals surface area contributed by atoms with Crippen molar-refractivity contribution in [2.45, 2.75) is 25.7 Å². The lowest BCUT2D eigenvalue weighted by molar-refractivity contribution is 0.397. The van der Waals surface area contributed by atoms with Crippen molar-refractivity contribution in [3.05, 3.63) is 64.0 Å². The van der Waals surface area contributed by atoms with E-state index < -0.39 is 0 Å². The van der Waals surface area contributed by atoms with Gasteiger partial charge in [-0.15, -0.1) is 0 Å². The Morgan fingerprint density at radius 1 is 1.23 bits per heavy atom. The molecule has 0 saturated heterocycles. The zero-order valence-electron chi connectivity index (χ0n) is 12.6. The largest absolute Gasteiger partial charge is 0.512 e. The average molecular weight is 317 g/mol. The van der Waals surface area contributed by atoms with Crippen LogP contribution in [0.3, 0.4) is 0 Å². The normalized spacial score (nSPS) is 17.0. The van der Waals surface area contributed by atoms with E-state index in [1.54, 1.807) is 6.08 Å².